The van der Waals surface area contributed by atoms with Gasteiger partial charge in [-0.2, -0.15) is 4.39 Å². The van der Waals surface area contributed by atoms with Gasteiger partial charge in [0.1, 0.15) is 0 Å². The van der Waals surface area contributed by atoms with Crippen LogP contribution in [0.25, 0.3) is 0 Å². The molecule has 0 heterocycles. The fraction of sp³-hybridized carbons (Fsp3) is 0.720. The molecule has 0 N–H and O–H groups in total. The van der Waals surface area contributed by atoms with Crippen LogP contribution in [0, 0.1) is 28.6 Å². The molecule has 4 aliphatic rings. The molecule has 2 fully saturated rings. The first-order valence-electron chi connectivity index (χ1n) is 11.3. The Hall–Kier alpha value is -1.58. The summed E-state index contributed by atoms with van der Waals surface area (Å²) < 4.78 is 25.6. The van der Waals surface area contributed by atoms with E-state index in [4.69, 9.17) is 9.47 Å². The van der Waals surface area contributed by atoms with Crippen LogP contribution in [0.2, 0.25) is 0 Å². The molecule has 0 saturated heterocycles. The molecule has 0 aliphatic heterocycles. The Morgan fingerprint density at radius 1 is 1.17 bits per heavy atom. The van der Waals surface area contributed by atoms with Gasteiger partial charge >= 0.3 is 5.97 Å². The van der Waals surface area contributed by atoms with Crippen molar-refractivity contribution in [3.05, 3.63) is 34.4 Å². The van der Waals surface area contributed by atoms with Gasteiger partial charge in [-0.3, -0.25) is 0 Å². The van der Waals surface area contributed by atoms with E-state index in [9.17, 15) is 4.79 Å². The van der Waals surface area contributed by atoms with Gasteiger partial charge in [0, 0.05) is 6.42 Å². The Bertz CT molecular complexity index is 807. The van der Waals surface area contributed by atoms with Crippen molar-refractivity contribution in [1.29, 1.82) is 0 Å². The zero-order valence-electron chi connectivity index (χ0n) is 18.6. The highest BCUT2D eigenvalue weighted by Gasteiger charge is 2.58. The summed E-state index contributed by atoms with van der Waals surface area (Å²) in [5.41, 5.74) is 3.64. The lowest BCUT2D eigenvalue weighted by molar-refractivity contribution is -0.140. The predicted octanol–water partition coefficient (Wildman–Crippen LogP) is 6.27. The molecule has 0 radical (unpaired) electrons. The SMILES string of the molecule is CCOC(=O)C(F)=C1CC[C@H]2[C@@H]3CC(C)=C4C=C(OC)CC[C@]4(C)[C@H]3CC[C@]12C. The molecule has 5 atom stereocenters. The van der Waals surface area contributed by atoms with Crippen molar-refractivity contribution in [2.45, 2.75) is 72.6 Å². The number of hydrogen-bond acceptors (Lipinski definition) is 3. The third-order valence-electron chi connectivity index (χ3n) is 8.83. The van der Waals surface area contributed by atoms with Crippen LogP contribution in [-0.4, -0.2) is 19.7 Å². The van der Waals surface area contributed by atoms with Crippen LogP contribution >= 0.6 is 0 Å². The van der Waals surface area contributed by atoms with Gasteiger partial charge in [0.2, 0.25) is 5.83 Å². The molecule has 0 aromatic heterocycles. The molecule has 4 heteroatoms. The van der Waals surface area contributed by atoms with Gasteiger partial charge in [0.25, 0.3) is 0 Å². The van der Waals surface area contributed by atoms with Crippen molar-refractivity contribution < 1.29 is 18.7 Å². The molecule has 0 spiro atoms. The summed E-state index contributed by atoms with van der Waals surface area (Å²) in [6.45, 7) is 8.86. The molecule has 4 rings (SSSR count). The van der Waals surface area contributed by atoms with Gasteiger partial charge in [0.15, 0.2) is 0 Å². The maximum absolute atomic E-state index is 15.0. The molecule has 0 aromatic carbocycles. The summed E-state index contributed by atoms with van der Waals surface area (Å²) in [5, 5.41) is 0. The highest BCUT2D eigenvalue weighted by molar-refractivity contribution is 5.87. The zero-order chi connectivity index (χ0) is 21.0. The standard InChI is InChI=1S/C25H35FO3/c1-6-29-23(27)22(26)20-8-7-18-17-13-15(2)21-14-16(28-5)9-11-25(21,4)19(17)10-12-24(18,20)3/h14,17-19H,6-13H2,1-5H3/t17-,18-,19-,24-,25+/m0/s1. The van der Waals surface area contributed by atoms with Crippen LogP contribution in [-0.2, 0) is 14.3 Å². The van der Waals surface area contributed by atoms with Gasteiger partial charge < -0.3 is 9.47 Å². The van der Waals surface area contributed by atoms with E-state index in [1.54, 1.807) is 14.0 Å². The topological polar surface area (TPSA) is 35.5 Å². The molecule has 160 valence electrons. The number of carbonyl (C=O) groups is 1. The highest BCUT2D eigenvalue weighted by atomic mass is 19.1. The van der Waals surface area contributed by atoms with E-state index in [1.807, 2.05) is 0 Å². The number of carbonyl (C=O) groups excluding carboxylic acids is 1. The van der Waals surface area contributed by atoms with Crippen molar-refractivity contribution >= 4 is 5.97 Å². The quantitative estimate of drug-likeness (QED) is 0.412. The van der Waals surface area contributed by atoms with Crippen LogP contribution in [0.5, 0.6) is 0 Å². The normalized spacial score (nSPS) is 40.5. The summed E-state index contributed by atoms with van der Waals surface area (Å²) in [6, 6.07) is 0. The molecule has 3 nitrogen and oxygen atoms in total. The number of ether oxygens (including phenoxy) is 2. The number of halogens is 1. The van der Waals surface area contributed by atoms with Gasteiger partial charge in [-0.1, -0.05) is 19.4 Å². The second kappa shape index (κ2) is 7.28. The van der Waals surface area contributed by atoms with Crippen molar-refractivity contribution in [2.75, 3.05) is 13.7 Å². The molecule has 0 unspecified atom stereocenters. The van der Waals surface area contributed by atoms with E-state index in [0.717, 1.165) is 49.9 Å². The van der Waals surface area contributed by atoms with Crippen molar-refractivity contribution in [2.24, 2.45) is 28.6 Å². The minimum absolute atomic E-state index is 0.183. The lowest BCUT2D eigenvalue weighted by atomic mass is 9.47. The van der Waals surface area contributed by atoms with E-state index in [1.165, 1.54) is 11.1 Å². The summed E-state index contributed by atoms with van der Waals surface area (Å²) in [6.07, 6.45) is 9.24. The monoisotopic (exact) mass is 402 g/mol. The van der Waals surface area contributed by atoms with E-state index in [0.29, 0.717) is 24.2 Å². The molecule has 0 amide bonds. The van der Waals surface area contributed by atoms with Crippen LogP contribution in [0.1, 0.15) is 72.6 Å². The van der Waals surface area contributed by atoms with Crippen molar-refractivity contribution in [3.63, 3.8) is 0 Å². The smallest absolute Gasteiger partial charge is 0.367 e. The number of methoxy groups -OCH3 is 1. The van der Waals surface area contributed by atoms with Crippen LogP contribution in [0.15, 0.2) is 34.4 Å². The van der Waals surface area contributed by atoms with Crippen molar-refractivity contribution in [1.82, 2.24) is 0 Å². The number of esters is 1. The third kappa shape index (κ3) is 3.00. The molecule has 0 bridgehead atoms. The first-order valence-corrected chi connectivity index (χ1v) is 11.3. The van der Waals surface area contributed by atoms with Crippen LogP contribution in [0.3, 0.4) is 0 Å². The first-order chi connectivity index (χ1) is 13.8. The Morgan fingerprint density at radius 2 is 1.90 bits per heavy atom. The van der Waals surface area contributed by atoms with E-state index >= 15 is 4.39 Å². The lowest BCUT2D eigenvalue weighted by Crippen LogP contribution is -2.49. The second-order valence-corrected chi connectivity index (χ2v) is 10.0. The zero-order valence-corrected chi connectivity index (χ0v) is 18.6. The summed E-state index contributed by atoms with van der Waals surface area (Å²) in [5.74, 6) is 1.34. The maximum atomic E-state index is 15.0. The largest absolute Gasteiger partial charge is 0.501 e. The van der Waals surface area contributed by atoms with Gasteiger partial charge in [-0.15, -0.1) is 0 Å². The number of fused-ring (bicyclic) bond motifs is 5. The number of allylic oxidation sites excluding steroid dienone is 5. The fourth-order valence-electron chi connectivity index (χ4n) is 7.39. The molecule has 0 aromatic rings. The van der Waals surface area contributed by atoms with Gasteiger partial charge in [-0.05, 0) is 98.2 Å². The average Bonchev–Trinajstić information content (AvgIpc) is 3.05. The summed E-state index contributed by atoms with van der Waals surface area (Å²) in [4.78, 5) is 12.1. The predicted molar refractivity (Wildman–Crippen MR) is 112 cm³/mol. The number of rotatable bonds is 3. The van der Waals surface area contributed by atoms with Crippen molar-refractivity contribution in [3.8, 4) is 0 Å². The lowest BCUT2D eigenvalue weighted by Gasteiger charge is -2.57. The minimum Gasteiger partial charge on any atom is -0.501 e. The second-order valence-electron chi connectivity index (χ2n) is 10.0. The molecular weight excluding hydrogens is 367 g/mol. The first kappa shape index (κ1) is 20.7. The van der Waals surface area contributed by atoms with E-state index < -0.39 is 11.8 Å². The van der Waals surface area contributed by atoms with Gasteiger partial charge in [0.05, 0.1) is 19.5 Å². The summed E-state index contributed by atoms with van der Waals surface area (Å²) >= 11 is 0. The Labute approximate surface area is 174 Å². The van der Waals surface area contributed by atoms with Crippen LogP contribution in [0.4, 0.5) is 4.39 Å². The Kier molecular flexibility index (Phi) is 5.19. The molecule has 4 aliphatic carbocycles. The molecule has 29 heavy (non-hydrogen) atoms. The van der Waals surface area contributed by atoms with Crippen LogP contribution < -0.4 is 0 Å². The minimum atomic E-state index is -0.773. The average molecular weight is 403 g/mol. The Morgan fingerprint density at radius 3 is 2.59 bits per heavy atom. The van der Waals surface area contributed by atoms with E-state index in [2.05, 4.69) is 26.8 Å². The summed E-state index contributed by atoms with van der Waals surface area (Å²) in [7, 11) is 1.77. The maximum Gasteiger partial charge on any atom is 0.367 e. The van der Waals surface area contributed by atoms with Gasteiger partial charge in [-0.25, -0.2) is 4.79 Å². The highest BCUT2D eigenvalue weighted by Crippen LogP contribution is 2.67. The third-order valence-corrected chi connectivity index (χ3v) is 8.83. The molecular formula is C25H35FO3. The number of hydrogen-bond donors (Lipinski definition) is 0. The fourth-order valence-corrected chi connectivity index (χ4v) is 7.39. The molecule has 2 saturated carbocycles. The Balaban J connectivity index is 1.70. The van der Waals surface area contributed by atoms with E-state index in [-0.39, 0.29) is 17.4 Å².